The third-order valence-electron chi connectivity index (χ3n) is 4.77. The van der Waals surface area contributed by atoms with Gasteiger partial charge in [0.25, 0.3) is 5.56 Å². The Balaban J connectivity index is 1.87. The van der Waals surface area contributed by atoms with Gasteiger partial charge in [0.05, 0.1) is 6.04 Å². The Morgan fingerprint density at radius 2 is 1.93 bits per heavy atom. The lowest BCUT2D eigenvalue weighted by Gasteiger charge is -2.23. The van der Waals surface area contributed by atoms with Gasteiger partial charge in [-0.15, -0.1) is 0 Å². The van der Waals surface area contributed by atoms with Crippen LogP contribution in [0.1, 0.15) is 49.9 Å². The number of hydrogen-bond acceptors (Lipinski definition) is 4. The van der Waals surface area contributed by atoms with Crippen molar-refractivity contribution >= 4 is 5.91 Å². The fourth-order valence-corrected chi connectivity index (χ4v) is 3.12. The summed E-state index contributed by atoms with van der Waals surface area (Å²) in [4.78, 5) is 37.6. The molecule has 1 aromatic carbocycles. The molecular formula is C20H21FN4O3. The van der Waals surface area contributed by atoms with Crippen molar-refractivity contribution in [2.24, 2.45) is 5.92 Å². The lowest BCUT2D eigenvalue weighted by Crippen LogP contribution is -2.45. The maximum atomic E-state index is 13.2. The van der Waals surface area contributed by atoms with Crippen LogP contribution in [0.25, 0.3) is 0 Å². The SMILES string of the molecule is CC(C)[C@@H](NC(=O)Cn1c(=O)c(C#N)cn(C2CC2)c1=O)c1ccc(F)cc1. The molecule has 1 amide bonds. The number of carbonyl (C=O) groups excluding carboxylic acids is 1. The maximum absolute atomic E-state index is 13.2. The van der Waals surface area contributed by atoms with Crippen molar-refractivity contribution in [1.29, 1.82) is 5.26 Å². The van der Waals surface area contributed by atoms with Gasteiger partial charge in [0, 0.05) is 12.2 Å². The van der Waals surface area contributed by atoms with Crippen molar-refractivity contribution in [3.05, 3.63) is 68.2 Å². The molecule has 1 fully saturated rings. The summed E-state index contributed by atoms with van der Waals surface area (Å²) in [5.74, 6) is -0.905. The first-order valence-electron chi connectivity index (χ1n) is 9.12. The molecule has 0 bridgehead atoms. The van der Waals surface area contributed by atoms with Crippen molar-refractivity contribution in [3.63, 3.8) is 0 Å². The average molecular weight is 384 g/mol. The van der Waals surface area contributed by atoms with Gasteiger partial charge in [0.2, 0.25) is 5.91 Å². The summed E-state index contributed by atoms with van der Waals surface area (Å²) < 4.78 is 15.3. The van der Waals surface area contributed by atoms with E-state index in [4.69, 9.17) is 0 Å². The van der Waals surface area contributed by atoms with Gasteiger partial charge in [0.1, 0.15) is 24.0 Å². The van der Waals surface area contributed by atoms with E-state index in [-0.39, 0.29) is 23.3 Å². The number of carbonyl (C=O) groups is 1. The van der Waals surface area contributed by atoms with Gasteiger partial charge in [-0.25, -0.2) is 13.8 Å². The molecule has 0 aliphatic heterocycles. The second-order valence-electron chi connectivity index (χ2n) is 7.31. The number of halogens is 1. The number of nitrogens with zero attached hydrogens (tertiary/aromatic N) is 3. The predicted octanol–water partition coefficient (Wildman–Crippen LogP) is 1.87. The number of nitrogens with one attached hydrogen (secondary N) is 1. The van der Waals surface area contributed by atoms with Crippen molar-refractivity contribution in [3.8, 4) is 6.07 Å². The molecule has 1 aromatic heterocycles. The molecule has 1 atom stereocenters. The Hall–Kier alpha value is -3.21. The van der Waals surface area contributed by atoms with Gasteiger partial charge in [-0.2, -0.15) is 5.26 Å². The molecule has 28 heavy (non-hydrogen) atoms. The normalized spacial score (nSPS) is 14.5. The van der Waals surface area contributed by atoms with E-state index in [9.17, 15) is 24.0 Å². The molecule has 0 spiro atoms. The number of rotatable bonds is 6. The molecule has 1 aliphatic carbocycles. The highest BCUT2D eigenvalue weighted by atomic mass is 19.1. The molecule has 0 radical (unpaired) electrons. The summed E-state index contributed by atoms with van der Waals surface area (Å²) in [6.07, 6.45) is 2.87. The first kappa shape index (κ1) is 19.5. The molecule has 1 N–H and O–H groups in total. The first-order chi connectivity index (χ1) is 13.3. The zero-order valence-corrected chi connectivity index (χ0v) is 15.7. The van der Waals surface area contributed by atoms with Gasteiger partial charge >= 0.3 is 5.69 Å². The quantitative estimate of drug-likeness (QED) is 0.822. The lowest BCUT2D eigenvalue weighted by molar-refractivity contribution is -0.122. The van der Waals surface area contributed by atoms with Crippen molar-refractivity contribution in [1.82, 2.24) is 14.5 Å². The first-order valence-corrected chi connectivity index (χ1v) is 9.12. The lowest BCUT2D eigenvalue weighted by atomic mass is 9.96. The van der Waals surface area contributed by atoms with Gasteiger partial charge in [-0.3, -0.25) is 14.2 Å². The van der Waals surface area contributed by atoms with Gasteiger partial charge in [0.15, 0.2) is 0 Å². The molecule has 8 heteroatoms. The minimum atomic E-state index is -0.776. The number of amides is 1. The number of benzene rings is 1. The Morgan fingerprint density at radius 3 is 2.46 bits per heavy atom. The zero-order chi connectivity index (χ0) is 20.4. The number of nitriles is 1. The molecule has 1 saturated carbocycles. The molecule has 1 aliphatic rings. The topological polar surface area (TPSA) is 96.9 Å². The van der Waals surface area contributed by atoms with Gasteiger partial charge in [-0.05, 0) is 36.5 Å². The van der Waals surface area contributed by atoms with E-state index in [0.29, 0.717) is 0 Å². The van der Waals surface area contributed by atoms with E-state index in [0.717, 1.165) is 23.0 Å². The minimum absolute atomic E-state index is 0.000280. The molecule has 1 heterocycles. The molecule has 0 unspecified atom stereocenters. The van der Waals surface area contributed by atoms with Gasteiger partial charge < -0.3 is 5.32 Å². The minimum Gasteiger partial charge on any atom is -0.347 e. The largest absolute Gasteiger partial charge is 0.347 e. The highest BCUT2D eigenvalue weighted by Crippen LogP contribution is 2.33. The molecule has 7 nitrogen and oxygen atoms in total. The Kier molecular flexibility index (Phi) is 5.45. The monoisotopic (exact) mass is 384 g/mol. The second-order valence-corrected chi connectivity index (χ2v) is 7.31. The molecule has 146 valence electrons. The van der Waals surface area contributed by atoms with Crippen LogP contribution in [0.5, 0.6) is 0 Å². The predicted molar refractivity (Wildman–Crippen MR) is 100 cm³/mol. The molecule has 3 rings (SSSR count). The van der Waals surface area contributed by atoms with Crippen molar-refractivity contribution < 1.29 is 9.18 Å². The van der Waals surface area contributed by atoms with E-state index in [2.05, 4.69) is 5.32 Å². The van der Waals surface area contributed by atoms with Crippen LogP contribution in [-0.2, 0) is 11.3 Å². The van der Waals surface area contributed by atoms with Crippen LogP contribution in [0.15, 0.2) is 40.1 Å². The van der Waals surface area contributed by atoms with E-state index < -0.39 is 29.7 Å². The fraction of sp³-hybridized carbons (Fsp3) is 0.400. The fourth-order valence-electron chi connectivity index (χ4n) is 3.12. The van der Waals surface area contributed by atoms with E-state index in [1.165, 1.54) is 22.9 Å². The second kappa shape index (κ2) is 7.80. The molecular weight excluding hydrogens is 363 g/mol. The van der Waals surface area contributed by atoms with Crippen LogP contribution in [0.4, 0.5) is 4.39 Å². The van der Waals surface area contributed by atoms with Crippen LogP contribution in [0.2, 0.25) is 0 Å². The van der Waals surface area contributed by atoms with Crippen molar-refractivity contribution in [2.45, 2.75) is 45.3 Å². The van der Waals surface area contributed by atoms with Crippen molar-refractivity contribution in [2.75, 3.05) is 0 Å². The summed E-state index contributed by atoms with van der Waals surface area (Å²) in [6.45, 7) is 3.32. The van der Waals surface area contributed by atoms with Crippen LogP contribution in [0.3, 0.4) is 0 Å². The molecule has 2 aromatic rings. The van der Waals surface area contributed by atoms with E-state index in [1.807, 2.05) is 13.8 Å². The summed E-state index contributed by atoms with van der Waals surface area (Å²) in [5, 5.41) is 12.0. The summed E-state index contributed by atoms with van der Waals surface area (Å²) in [6, 6.07) is 7.15. The Labute approximate surface area is 161 Å². The zero-order valence-electron chi connectivity index (χ0n) is 15.7. The smallest absolute Gasteiger partial charge is 0.331 e. The van der Waals surface area contributed by atoms with E-state index >= 15 is 0 Å². The highest BCUT2D eigenvalue weighted by molar-refractivity contribution is 5.76. The summed E-state index contributed by atoms with van der Waals surface area (Å²) >= 11 is 0. The highest BCUT2D eigenvalue weighted by Gasteiger charge is 2.27. The standard InChI is InChI=1S/C20H21FN4O3/c1-12(2)18(13-3-5-15(21)6-4-13)23-17(26)11-25-19(27)14(9-22)10-24(20(25)28)16-7-8-16/h3-6,10,12,16,18H,7-8,11H2,1-2H3,(H,23,26)/t18-/m1/s1. The van der Waals surface area contributed by atoms with Crippen LogP contribution >= 0.6 is 0 Å². The summed E-state index contributed by atoms with van der Waals surface area (Å²) in [5.41, 5.74) is -0.816. The third-order valence-corrected chi connectivity index (χ3v) is 4.77. The number of aromatic nitrogens is 2. The van der Waals surface area contributed by atoms with Crippen LogP contribution in [0, 0.1) is 23.1 Å². The Bertz CT molecular complexity index is 1040. The number of hydrogen-bond donors (Lipinski definition) is 1. The third kappa shape index (κ3) is 4.03. The van der Waals surface area contributed by atoms with E-state index in [1.54, 1.807) is 18.2 Å². The van der Waals surface area contributed by atoms with Crippen LogP contribution < -0.4 is 16.6 Å². The van der Waals surface area contributed by atoms with Gasteiger partial charge in [-0.1, -0.05) is 26.0 Å². The Morgan fingerprint density at radius 1 is 1.29 bits per heavy atom. The molecule has 0 saturated heterocycles. The average Bonchev–Trinajstić information content (AvgIpc) is 3.49. The maximum Gasteiger partial charge on any atom is 0.331 e. The van der Waals surface area contributed by atoms with Crippen LogP contribution in [-0.4, -0.2) is 15.0 Å². The summed E-state index contributed by atoms with van der Waals surface area (Å²) in [7, 11) is 0.